The number of anilines is 1. The number of hydrogen-bond acceptors (Lipinski definition) is 4. The fourth-order valence-electron chi connectivity index (χ4n) is 3.74. The first-order chi connectivity index (χ1) is 14.6. The molecule has 1 N–H and O–H groups in total. The fraction of sp³-hybridized carbons (Fsp3) is 0.208. The van der Waals surface area contributed by atoms with Crippen LogP contribution >= 0.6 is 0 Å². The van der Waals surface area contributed by atoms with E-state index in [0.717, 1.165) is 22.6 Å². The molecule has 4 rings (SSSR count). The lowest BCUT2D eigenvalue weighted by molar-refractivity contribution is -0.121. The number of carbonyl (C=O) groups excluding carboxylic acids is 2. The molecule has 2 heterocycles. The predicted octanol–water partition coefficient (Wildman–Crippen LogP) is 3.81. The summed E-state index contributed by atoms with van der Waals surface area (Å²) in [6, 6.07) is 18.3. The monoisotopic (exact) mass is 401 g/mol. The van der Waals surface area contributed by atoms with Crippen LogP contribution in [-0.2, 0) is 11.3 Å². The summed E-state index contributed by atoms with van der Waals surface area (Å²) in [6.07, 6.45) is 1.78. The lowest BCUT2D eigenvalue weighted by Gasteiger charge is -2.25. The molecular weight excluding hydrogens is 378 g/mol. The predicted molar refractivity (Wildman–Crippen MR) is 114 cm³/mol. The van der Waals surface area contributed by atoms with E-state index in [-0.39, 0.29) is 18.2 Å². The van der Waals surface area contributed by atoms with Crippen molar-refractivity contribution in [1.82, 2.24) is 10.3 Å². The Morgan fingerprint density at radius 3 is 2.63 bits per heavy atom. The van der Waals surface area contributed by atoms with E-state index in [1.54, 1.807) is 30.3 Å². The van der Waals surface area contributed by atoms with E-state index >= 15 is 0 Å². The van der Waals surface area contributed by atoms with Crippen molar-refractivity contribution in [3.63, 3.8) is 0 Å². The van der Waals surface area contributed by atoms with E-state index in [1.165, 1.54) is 0 Å². The second-order valence-corrected chi connectivity index (χ2v) is 7.26. The van der Waals surface area contributed by atoms with Crippen LogP contribution in [0.15, 0.2) is 66.9 Å². The van der Waals surface area contributed by atoms with E-state index in [2.05, 4.69) is 10.3 Å². The van der Waals surface area contributed by atoms with Crippen molar-refractivity contribution >= 4 is 17.5 Å². The fourth-order valence-corrected chi connectivity index (χ4v) is 3.74. The van der Waals surface area contributed by atoms with Crippen LogP contribution in [0.3, 0.4) is 0 Å². The largest absolute Gasteiger partial charge is 0.496 e. The molecule has 152 valence electrons. The van der Waals surface area contributed by atoms with Crippen LogP contribution in [0, 0.1) is 6.92 Å². The molecule has 1 aliphatic rings. The molecule has 1 aliphatic heterocycles. The lowest BCUT2D eigenvalue weighted by atomic mass is 10.1. The van der Waals surface area contributed by atoms with Gasteiger partial charge in [0.05, 0.1) is 30.8 Å². The molecule has 0 fully saturated rings. The molecule has 0 saturated carbocycles. The van der Waals surface area contributed by atoms with Gasteiger partial charge in [-0.15, -0.1) is 0 Å². The standard InChI is InChI=1S/C24H23N3O3/c1-16-9-11-18(12-10-16)27-20(23-19(24(27)29)7-5-13-25-23)14-22(28)26-15-17-6-3-4-8-21(17)30-2/h3-13,20H,14-15H2,1-2H3,(H,26,28). The van der Waals surface area contributed by atoms with Gasteiger partial charge in [0.15, 0.2) is 0 Å². The Balaban J connectivity index is 1.56. The number of aromatic nitrogens is 1. The van der Waals surface area contributed by atoms with Gasteiger partial charge in [0.25, 0.3) is 5.91 Å². The zero-order valence-corrected chi connectivity index (χ0v) is 17.0. The summed E-state index contributed by atoms with van der Waals surface area (Å²) < 4.78 is 5.34. The highest BCUT2D eigenvalue weighted by Gasteiger charge is 2.39. The van der Waals surface area contributed by atoms with E-state index in [0.29, 0.717) is 17.8 Å². The molecule has 0 spiro atoms. The van der Waals surface area contributed by atoms with Crippen LogP contribution in [0.1, 0.15) is 39.6 Å². The maximum absolute atomic E-state index is 13.1. The van der Waals surface area contributed by atoms with Crippen molar-refractivity contribution < 1.29 is 14.3 Å². The summed E-state index contributed by atoms with van der Waals surface area (Å²) in [5.41, 5.74) is 3.93. The van der Waals surface area contributed by atoms with Gasteiger partial charge in [-0.3, -0.25) is 19.5 Å². The molecule has 30 heavy (non-hydrogen) atoms. The highest BCUT2D eigenvalue weighted by atomic mass is 16.5. The number of amides is 2. The first kappa shape index (κ1) is 19.6. The van der Waals surface area contributed by atoms with E-state index < -0.39 is 6.04 Å². The molecule has 1 aromatic heterocycles. The molecule has 0 saturated heterocycles. The molecule has 2 aromatic carbocycles. The molecule has 0 bridgehead atoms. The third kappa shape index (κ3) is 3.76. The SMILES string of the molecule is COc1ccccc1CNC(=O)CC1c2ncccc2C(=O)N1c1ccc(C)cc1. The molecule has 0 radical (unpaired) electrons. The van der Waals surface area contributed by atoms with Gasteiger partial charge in [0, 0.05) is 24.0 Å². The van der Waals surface area contributed by atoms with E-state index in [1.807, 2.05) is 55.5 Å². The van der Waals surface area contributed by atoms with Gasteiger partial charge in [-0.05, 0) is 37.3 Å². The topological polar surface area (TPSA) is 71.5 Å². The molecule has 2 amide bonds. The number of nitrogens with one attached hydrogen (secondary N) is 1. The number of nitrogens with zero attached hydrogens (tertiary/aromatic N) is 2. The summed E-state index contributed by atoms with van der Waals surface area (Å²) in [6.45, 7) is 2.35. The van der Waals surface area contributed by atoms with Gasteiger partial charge in [0.2, 0.25) is 5.91 Å². The summed E-state index contributed by atoms with van der Waals surface area (Å²) in [7, 11) is 1.60. The third-order valence-corrected chi connectivity index (χ3v) is 5.27. The normalized spacial score (nSPS) is 15.1. The van der Waals surface area contributed by atoms with Gasteiger partial charge < -0.3 is 10.1 Å². The van der Waals surface area contributed by atoms with Crippen molar-refractivity contribution in [3.8, 4) is 5.75 Å². The number of aryl methyl sites for hydroxylation is 1. The van der Waals surface area contributed by atoms with Gasteiger partial charge in [-0.25, -0.2) is 0 Å². The van der Waals surface area contributed by atoms with Crippen LogP contribution < -0.4 is 15.0 Å². The molecule has 6 nitrogen and oxygen atoms in total. The zero-order chi connectivity index (χ0) is 21.1. The molecule has 1 unspecified atom stereocenters. The Morgan fingerprint density at radius 2 is 1.87 bits per heavy atom. The minimum absolute atomic E-state index is 0.124. The van der Waals surface area contributed by atoms with Crippen LogP contribution in [-0.4, -0.2) is 23.9 Å². The summed E-state index contributed by atoms with van der Waals surface area (Å²) in [5, 5.41) is 2.94. The third-order valence-electron chi connectivity index (χ3n) is 5.27. The van der Waals surface area contributed by atoms with Gasteiger partial charge >= 0.3 is 0 Å². The Hall–Kier alpha value is -3.67. The minimum atomic E-state index is -0.450. The van der Waals surface area contributed by atoms with Crippen molar-refractivity contribution in [1.29, 1.82) is 0 Å². The number of hydrogen-bond donors (Lipinski definition) is 1. The minimum Gasteiger partial charge on any atom is -0.496 e. The van der Waals surface area contributed by atoms with Gasteiger partial charge in [0.1, 0.15) is 5.75 Å². The average molecular weight is 401 g/mol. The smallest absolute Gasteiger partial charge is 0.260 e. The first-order valence-electron chi connectivity index (χ1n) is 9.82. The Kier molecular flexibility index (Phi) is 5.48. The van der Waals surface area contributed by atoms with Crippen LogP contribution in [0.2, 0.25) is 0 Å². The maximum atomic E-state index is 13.1. The number of methoxy groups -OCH3 is 1. The molecular formula is C24H23N3O3. The second kappa shape index (κ2) is 8.37. The van der Waals surface area contributed by atoms with Crippen molar-refractivity contribution in [2.45, 2.75) is 25.9 Å². The number of rotatable bonds is 6. The van der Waals surface area contributed by atoms with Crippen molar-refractivity contribution in [2.24, 2.45) is 0 Å². The first-order valence-corrected chi connectivity index (χ1v) is 9.82. The second-order valence-electron chi connectivity index (χ2n) is 7.26. The lowest BCUT2D eigenvalue weighted by Crippen LogP contribution is -2.33. The van der Waals surface area contributed by atoms with E-state index in [4.69, 9.17) is 4.74 Å². The van der Waals surface area contributed by atoms with Gasteiger partial charge in [-0.2, -0.15) is 0 Å². The van der Waals surface area contributed by atoms with Crippen LogP contribution in [0.5, 0.6) is 5.75 Å². The summed E-state index contributed by atoms with van der Waals surface area (Å²) >= 11 is 0. The number of ether oxygens (including phenoxy) is 1. The Labute approximate surface area is 175 Å². The number of pyridine rings is 1. The highest BCUT2D eigenvalue weighted by molar-refractivity contribution is 6.11. The van der Waals surface area contributed by atoms with Gasteiger partial charge in [-0.1, -0.05) is 35.9 Å². The van der Waals surface area contributed by atoms with Crippen molar-refractivity contribution in [3.05, 3.63) is 89.2 Å². The molecule has 6 heteroatoms. The van der Waals surface area contributed by atoms with Crippen LogP contribution in [0.4, 0.5) is 5.69 Å². The van der Waals surface area contributed by atoms with Crippen molar-refractivity contribution in [2.75, 3.05) is 12.0 Å². The average Bonchev–Trinajstić information content (AvgIpc) is 3.05. The molecule has 0 aliphatic carbocycles. The zero-order valence-electron chi connectivity index (χ0n) is 17.0. The highest BCUT2D eigenvalue weighted by Crippen LogP contribution is 2.38. The number of carbonyl (C=O) groups is 2. The summed E-state index contributed by atoms with van der Waals surface area (Å²) in [5.74, 6) is 0.431. The number of fused-ring (bicyclic) bond motifs is 1. The molecule has 3 aromatic rings. The Morgan fingerprint density at radius 1 is 1.10 bits per heavy atom. The quantitative estimate of drug-likeness (QED) is 0.682. The maximum Gasteiger partial charge on any atom is 0.260 e. The molecule has 1 atom stereocenters. The number of benzene rings is 2. The Bertz CT molecular complexity index is 1080. The summed E-state index contributed by atoms with van der Waals surface area (Å²) in [4.78, 5) is 32.0. The number of para-hydroxylation sites is 1. The van der Waals surface area contributed by atoms with Crippen LogP contribution in [0.25, 0.3) is 0 Å². The van der Waals surface area contributed by atoms with E-state index in [9.17, 15) is 9.59 Å².